The van der Waals surface area contributed by atoms with Crippen LogP contribution < -0.4 is 0 Å². The Morgan fingerprint density at radius 1 is 1.28 bits per heavy atom. The fraction of sp³-hybridized carbons (Fsp3) is 0.462. The summed E-state index contributed by atoms with van der Waals surface area (Å²) in [5.41, 5.74) is 0.677. The van der Waals surface area contributed by atoms with Gasteiger partial charge in [-0.05, 0) is 25.0 Å². The summed E-state index contributed by atoms with van der Waals surface area (Å²) >= 11 is 5.85. The van der Waals surface area contributed by atoms with Gasteiger partial charge in [0.2, 0.25) is 0 Å². The molecule has 0 unspecified atom stereocenters. The van der Waals surface area contributed by atoms with Crippen molar-refractivity contribution < 1.29 is 8.78 Å². The Kier molecular flexibility index (Phi) is 3.85. The van der Waals surface area contributed by atoms with E-state index in [-0.39, 0.29) is 17.4 Å². The van der Waals surface area contributed by atoms with Gasteiger partial charge in [0.1, 0.15) is 11.3 Å². The smallest absolute Gasteiger partial charge is 0.184 e. The van der Waals surface area contributed by atoms with Gasteiger partial charge >= 0.3 is 0 Å². The summed E-state index contributed by atoms with van der Waals surface area (Å²) in [6.07, 6.45) is 1.64. The highest BCUT2D eigenvalue weighted by atomic mass is 35.5. The molecule has 0 aliphatic carbocycles. The molecule has 0 fully saturated rings. The van der Waals surface area contributed by atoms with Gasteiger partial charge in [-0.1, -0.05) is 13.8 Å². The Morgan fingerprint density at radius 3 is 2.50 bits per heavy atom. The molecule has 5 heteroatoms. The van der Waals surface area contributed by atoms with Crippen molar-refractivity contribution in [2.75, 3.05) is 0 Å². The minimum absolute atomic E-state index is 0.0834. The molecule has 1 aromatic carbocycles. The fourth-order valence-electron chi connectivity index (χ4n) is 2.31. The van der Waals surface area contributed by atoms with E-state index in [2.05, 4.69) is 4.98 Å². The van der Waals surface area contributed by atoms with Gasteiger partial charge in [-0.3, -0.25) is 0 Å². The maximum atomic E-state index is 14.0. The Labute approximate surface area is 110 Å². The van der Waals surface area contributed by atoms with Crippen molar-refractivity contribution in [2.45, 2.75) is 38.6 Å². The van der Waals surface area contributed by atoms with Crippen LogP contribution in [0.25, 0.3) is 11.0 Å². The van der Waals surface area contributed by atoms with Crippen molar-refractivity contribution in [1.82, 2.24) is 9.55 Å². The van der Waals surface area contributed by atoms with Gasteiger partial charge in [0, 0.05) is 6.04 Å². The number of aromatic nitrogens is 2. The highest BCUT2D eigenvalue weighted by Crippen LogP contribution is 2.29. The van der Waals surface area contributed by atoms with Crippen LogP contribution in [0, 0.1) is 11.6 Å². The normalized spacial score (nSPS) is 11.7. The van der Waals surface area contributed by atoms with Crippen molar-refractivity contribution in [2.24, 2.45) is 0 Å². The van der Waals surface area contributed by atoms with Crippen molar-refractivity contribution in [3.05, 3.63) is 29.6 Å². The van der Waals surface area contributed by atoms with Crippen LogP contribution in [0.3, 0.4) is 0 Å². The zero-order valence-electron chi connectivity index (χ0n) is 10.4. The van der Waals surface area contributed by atoms with Crippen LogP contribution in [0.1, 0.15) is 38.6 Å². The molecule has 98 valence electrons. The lowest BCUT2D eigenvalue weighted by Crippen LogP contribution is -2.11. The highest BCUT2D eigenvalue weighted by molar-refractivity contribution is 6.16. The fourth-order valence-corrected chi connectivity index (χ4v) is 2.50. The van der Waals surface area contributed by atoms with Gasteiger partial charge in [0.25, 0.3) is 0 Å². The second-order valence-electron chi connectivity index (χ2n) is 4.23. The number of nitrogens with zero attached hydrogens (tertiary/aromatic N) is 2. The van der Waals surface area contributed by atoms with Crippen LogP contribution >= 0.6 is 11.6 Å². The second-order valence-corrected chi connectivity index (χ2v) is 4.50. The molecule has 2 nitrogen and oxygen atoms in total. The molecule has 1 aromatic heterocycles. The number of rotatable bonds is 4. The summed E-state index contributed by atoms with van der Waals surface area (Å²) in [4.78, 5) is 4.27. The maximum absolute atomic E-state index is 14.0. The molecule has 1 heterocycles. The van der Waals surface area contributed by atoms with E-state index < -0.39 is 11.6 Å². The van der Waals surface area contributed by atoms with Crippen molar-refractivity contribution in [3.8, 4) is 0 Å². The number of fused-ring (bicyclic) bond motifs is 1. The Bertz CT molecular complexity index is 562. The van der Waals surface area contributed by atoms with Crippen LogP contribution in [0.4, 0.5) is 8.78 Å². The zero-order valence-corrected chi connectivity index (χ0v) is 11.1. The van der Waals surface area contributed by atoms with Crippen LogP contribution in [0.5, 0.6) is 0 Å². The summed E-state index contributed by atoms with van der Waals surface area (Å²) in [6, 6.07) is 2.67. The molecular formula is C13H15ClF2N2. The molecule has 0 radical (unpaired) electrons. The first-order valence-corrected chi connectivity index (χ1v) is 6.58. The first-order valence-electron chi connectivity index (χ1n) is 6.04. The van der Waals surface area contributed by atoms with E-state index in [9.17, 15) is 8.78 Å². The minimum Gasteiger partial charge on any atom is -0.321 e. The van der Waals surface area contributed by atoms with E-state index >= 15 is 0 Å². The van der Waals surface area contributed by atoms with Crippen LogP contribution in [-0.2, 0) is 5.88 Å². The van der Waals surface area contributed by atoms with Crippen molar-refractivity contribution >= 4 is 22.6 Å². The number of imidazole rings is 1. The average molecular weight is 273 g/mol. The van der Waals surface area contributed by atoms with E-state index in [1.54, 1.807) is 4.57 Å². The lowest BCUT2D eigenvalue weighted by Gasteiger charge is -2.18. The molecule has 0 aliphatic rings. The summed E-state index contributed by atoms with van der Waals surface area (Å²) in [5.74, 6) is -0.921. The molecule has 0 N–H and O–H groups in total. The predicted molar refractivity (Wildman–Crippen MR) is 68.8 cm³/mol. The second kappa shape index (κ2) is 5.22. The lowest BCUT2D eigenvalue weighted by atomic mass is 10.1. The monoisotopic (exact) mass is 272 g/mol. The van der Waals surface area contributed by atoms with Gasteiger partial charge in [-0.25, -0.2) is 13.8 Å². The first kappa shape index (κ1) is 13.3. The standard InChI is InChI=1S/C13H15ClF2N2/c1-3-8(4-2)18-11(7-14)17-10-6-5-9(15)12(16)13(10)18/h5-6,8H,3-4,7H2,1-2H3. The van der Waals surface area contributed by atoms with E-state index in [1.165, 1.54) is 6.07 Å². The van der Waals surface area contributed by atoms with Crippen LogP contribution in [0.2, 0.25) is 0 Å². The Balaban J connectivity index is 2.78. The number of hydrogen-bond donors (Lipinski definition) is 0. The van der Waals surface area contributed by atoms with Crippen LogP contribution in [-0.4, -0.2) is 9.55 Å². The van der Waals surface area contributed by atoms with Crippen LogP contribution in [0.15, 0.2) is 12.1 Å². The van der Waals surface area contributed by atoms with E-state index in [0.717, 1.165) is 18.9 Å². The number of hydrogen-bond acceptors (Lipinski definition) is 1. The van der Waals surface area contributed by atoms with Gasteiger partial charge < -0.3 is 4.57 Å². The SMILES string of the molecule is CCC(CC)n1c(CCl)nc2ccc(F)c(F)c21. The average Bonchev–Trinajstić information content (AvgIpc) is 2.75. The molecule has 0 atom stereocenters. The molecule has 2 aromatic rings. The quantitative estimate of drug-likeness (QED) is 0.754. The summed E-state index contributed by atoms with van der Waals surface area (Å²) in [6.45, 7) is 4.02. The third kappa shape index (κ3) is 1.99. The third-order valence-electron chi connectivity index (χ3n) is 3.24. The highest BCUT2D eigenvalue weighted by Gasteiger charge is 2.20. The molecule has 18 heavy (non-hydrogen) atoms. The molecule has 0 saturated heterocycles. The van der Waals surface area contributed by atoms with Gasteiger partial charge in [-0.15, -0.1) is 11.6 Å². The molecule has 2 rings (SSSR count). The maximum Gasteiger partial charge on any atom is 0.184 e. The van der Waals surface area contributed by atoms with Gasteiger partial charge in [0.15, 0.2) is 11.6 Å². The van der Waals surface area contributed by atoms with Gasteiger partial charge in [-0.2, -0.15) is 0 Å². The molecular weight excluding hydrogens is 258 g/mol. The predicted octanol–water partition coefficient (Wildman–Crippen LogP) is 4.41. The number of alkyl halides is 1. The minimum atomic E-state index is -0.851. The van der Waals surface area contributed by atoms with E-state index in [4.69, 9.17) is 11.6 Å². The number of benzene rings is 1. The summed E-state index contributed by atoms with van der Waals surface area (Å²) in [7, 11) is 0. The summed E-state index contributed by atoms with van der Waals surface area (Å²) < 4.78 is 29.1. The number of halogens is 3. The summed E-state index contributed by atoms with van der Waals surface area (Å²) in [5, 5.41) is 0. The van der Waals surface area contributed by atoms with E-state index in [1.807, 2.05) is 13.8 Å². The zero-order chi connectivity index (χ0) is 13.3. The van der Waals surface area contributed by atoms with E-state index in [0.29, 0.717) is 11.3 Å². The van der Waals surface area contributed by atoms with Gasteiger partial charge in [0.05, 0.1) is 11.4 Å². The first-order chi connectivity index (χ1) is 8.63. The molecule has 0 aliphatic heterocycles. The molecule has 0 spiro atoms. The Hall–Kier alpha value is -1.16. The topological polar surface area (TPSA) is 17.8 Å². The molecule has 0 amide bonds. The largest absolute Gasteiger partial charge is 0.321 e. The van der Waals surface area contributed by atoms with Crippen molar-refractivity contribution in [1.29, 1.82) is 0 Å². The molecule has 0 saturated carbocycles. The lowest BCUT2D eigenvalue weighted by molar-refractivity contribution is 0.458. The Morgan fingerprint density at radius 2 is 1.94 bits per heavy atom. The van der Waals surface area contributed by atoms with Crippen molar-refractivity contribution in [3.63, 3.8) is 0 Å². The molecule has 0 bridgehead atoms. The third-order valence-corrected chi connectivity index (χ3v) is 3.48.